The van der Waals surface area contributed by atoms with Gasteiger partial charge in [-0.3, -0.25) is 9.59 Å². The SMILES string of the molecule is C[C@H](CC(=O)c1ccco1)NC(=O)CCc1ccsc1. The van der Waals surface area contributed by atoms with Crippen molar-refractivity contribution in [1.82, 2.24) is 5.32 Å². The molecule has 2 rings (SSSR count). The van der Waals surface area contributed by atoms with E-state index in [2.05, 4.69) is 5.32 Å². The molecule has 20 heavy (non-hydrogen) atoms. The highest BCUT2D eigenvalue weighted by atomic mass is 32.1. The van der Waals surface area contributed by atoms with Crippen molar-refractivity contribution >= 4 is 23.0 Å². The third-order valence-electron chi connectivity index (χ3n) is 2.92. The Kier molecular flexibility index (Phi) is 5.12. The number of Topliss-reactive ketones (excluding diaryl/α,β-unsaturated/α-hetero) is 1. The van der Waals surface area contributed by atoms with Gasteiger partial charge in [-0.2, -0.15) is 11.3 Å². The molecule has 2 aromatic rings. The molecule has 0 aliphatic rings. The van der Waals surface area contributed by atoms with Gasteiger partial charge >= 0.3 is 0 Å². The summed E-state index contributed by atoms with van der Waals surface area (Å²) in [4.78, 5) is 23.6. The number of carbonyl (C=O) groups excluding carboxylic acids is 2. The second kappa shape index (κ2) is 7.05. The normalized spacial score (nSPS) is 12.1. The predicted octanol–water partition coefficient (Wildman–Crippen LogP) is 3.05. The number of thiophene rings is 1. The Morgan fingerprint density at radius 3 is 2.90 bits per heavy atom. The highest BCUT2D eigenvalue weighted by molar-refractivity contribution is 7.07. The second-order valence-electron chi connectivity index (χ2n) is 4.70. The molecule has 0 spiro atoms. The average molecular weight is 291 g/mol. The van der Waals surface area contributed by atoms with E-state index >= 15 is 0 Å². The summed E-state index contributed by atoms with van der Waals surface area (Å²) in [6.45, 7) is 1.82. The summed E-state index contributed by atoms with van der Waals surface area (Å²) in [5.74, 6) is 0.209. The minimum atomic E-state index is -0.192. The van der Waals surface area contributed by atoms with Gasteiger partial charge in [0.1, 0.15) is 0 Å². The van der Waals surface area contributed by atoms with Crippen LogP contribution in [0.1, 0.15) is 35.9 Å². The average Bonchev–Trinajstić information content (AvgIpc) is 3.09. The first-order valence-electron chi connectivity index (χ1n) is 6.52. The molecule has 0 fully saturated rings. The van der Waals surface area contributed by atoms with Crippen molar-refractivity contribution in [3.8, 4) is 0 Å². The van der Waals surface area contributed by atoms with Gasteiger partial charge in [0, 0.05) is 18.9 Å². The van der Waals surface area contributed by atoms with E-state index < -0.39 is 0 Å². The molecule has 0 aromatic carbocycles. The van der Waals surface area contributed by atoms with Gasteiger partial charge < -0.3 is 9.73 Å². The number of carbonyl (C=O) groups is 2. The maximum atomic E-state index is 11.8. The molecule has 0 unspecified atom stereocenters. The second-order valence-corrected chi connectivity index (χ2v) is 5.48. The molecule has 0 saturated heterocycles. The molecular formula is C15H17NO3S. The smallest absolute Gasteiger partial charge is 0.220 e. The van der Waals surface area contributed by atoms with E-state index in [1.54, 1.807) is 23.5 Å². The molecule has 5 heteroatoms. The lowest BCUT2D eigenvalue weighted by atomic mass is 10.1. The van der Waals surface area contributed by atoms with Crippen LogP contribution in [0, 0.1) is 0 Å². The number of aryl methyl sites for hydroxylation is 1. The Hall–Kier alpha value is -1.88. The zero-order chi connectivity index (χ0) is 14.4. The van der Waals surface area contributed by atoms with Crippen LogP contribution in [0.25, 0.3) is 0 Å². The first-order valence-corrected chi connectivity index (χ1v) is 7.46. The maximum Gasteiger partial charge on any atom is 0.220 e. The fourth-order valence-electron chi connectivity index (χ4n) is 1.91. The van der Waals surface area contributed by atoms with Gasteiger partial charge in [-0.05, 0) is 47.9 Å². The third kappa shape index (κ3) is 4.35. The Balaban J connectivity index is 1.72. The molecule has 2 aromatic heterocycles. The number of furan rings is 1. The van der Waals surface area contributed by atoms with E-state index in [-0.39, 0.29) is 24.2 Å². The van der Waals surface area contributed by atoms with Crippen molar-refractivity contribution in [1.29, 1.82) is 0 Å². The largest absolute Gasteiger partial charge is 0.461 e. The first-order chi connectivity index (χ1) is 9.65. The summed E-state index contributed by atoms with van der Waals surface area (Å²) in [5, 5.41) is 6.87. The molecule has 0 aliphatic heterocycles. The van der Waals surface area contributed by atoms with Gasteiger partial charge in [-0.1, -0.05) is 0 Å². The van der Waals surface area contributed by atoms with Crippen molar-refractivity contribution in [2.45, 2.75) is 32.2 Å². The third-order valence-corrected chi connectivity index (χ3v) is 3.65. The summed E-state index contributed by atoms with van der Waals surface area (Å²) in [7, 11) is 0. The van der Waals surface area contributed by atoms with Crippen molar-refractivity contribution in [2.24, 2.45) is 0 Å². The quantitative estimate of drug-likeness (QED) is 0.798. The van der Waals surface area contributed by atoms with Crippen molar-refractivity contribution in [2.75, 3.05) is 0 Å². The summed E-state index contributed by atoms with van der Waals surface area (Å²) in [6, 6.07) is 5.13. The number of rotatable bonds is 7. The Morgan fingerprint density at radius 2 is 2.25 bits per heavy atom. The molecule has 1 amide bonds. The van der Waals surface area contributed by atoms with Gasteiger partial charge in [-0.15, -0.1) is 0 Å². The summed E-state index contributed by atoms with van der Waals surface area (Å²) < 4.78 is 5.04. The molecule has 0 saturated carbocycles. The van der Waals surface area contributed by atoms with E-state index in [0.29, 0.717) is 12.2 Å². The molecule has 0 radical (unpaired) electrons. The lowest BCUT2D eigenvalue weighted by Gasteiger charge is -2.12. The Bertz CT molecular complexity index is 546. The lowest BCUT2D eigenvalue weighted by molar-refractivity contribution is -0.121. The topological polar surface area (TPSA) is 59.3 Å². The van der Waals surface area contributed by atoms with Gasteiger partial charge in [0.15, 0.2) is 11.5 Å². The number of nitrogens with one attached hydrogen (secondary N) is 1. The highest BCUT2D eigenvalue weighted by Gasteiger charge is 2.15. The van der Waals surface area contributed by atoms with Crippen LogP contribution >= 0.6 is 11.3 Å². The van der Waals surface area contributed by atoms with Gasteiger partial charge in [0.25, 0.3) is 0 Å². The number of amides is 1. The van der Waals surface area contributed by atoms with Gasteiger partial charge in [-0.25, -0.2) is 0 Å². The molecule has 1 atom stereocenters. The minimum absolute atomic E-state index is 0.0315. The number of ketones is 1. The standard InChI is InChI=1S/C15H17NO3S/c1-11(9-13(17)14-3-2-7-19-14)16-15(18)5-4-12-6-8-20-10-12/h2-3,6-8,10-11H,4-5,9H2,1H3,(H,16,18)/t11-/m1/s1. The van der Waals surface area contributed by atoms with Crippen molar-refractivity contribution in [3.63, 3.8) is 0 Å². The van der Waals surface area contributed by atoms with Crippen LogP contribution in [0.3, 0.4) is 0 Å². The highest BCUT2D eigenvalue weighted by Crippen LogP contribution is 2.09. The fraction of sp³-hybridized carbons (Fsp3) is 0.333. The van der Waals surface area contributed by atoms with E-state index in [9.17, 15) is 9.59 Å². The summed E-state index contributed by atoms with van der Waals surface area (Å²) in [6.07, 6.45) is 2.89. The van der Waals surface area contributed by atoms with E-state index in [1.807, 2.05) is 23.8 Å². The Labute approximate surface area is 121 Å². The molecular weight excluding hydrogens is 274 g/mol. The maximum absolute atomic E-state index is 11.8. The monoisotopic (exact) mass is 291 g/mol. The molecule has 1 N–H and O–H groups in total. The zero-order valence-corrected chi connectivity index (χ0v) is 12.1. The lowest BCUT2D eigenvalue weighted by Crippen LogP contribution is -2.34. The van der Waals surface area contributed by atoms with Gasteiger partial charge in [0.05, 0.1) is 6.26 Å². The van der Waals surface area contributed by atoms with E-state index in [0.717, 1.165) is 6.42 Å². The Morgan fingerprint density at radius 1 is 1.40 bits per heavy atom. The first kappa shape index (κ1) is 14.5. The van der Waals surface area contributed by atoms with E-state index in [1.165, 1.54) is 11.8 Å². The van der Waals surface area contributed by atoms with Crippen LogP contribution in [0.4, 0.5) is 0 Å². The molecule has 4 nitrogen and oxygen atoms in total. The summed E-state index contributed by atoms with van der Waals surface area (Å²) >= 11 is 1.63. The van der Waals surface area contributed by atoms with Crippen LogP contribution in [-0.2, 0) is 11.2 Å². The number of hydrogen-bond acceptors (Lipinski definition) is 4. The number of hydrogen-bond donors (Lipinski definition) is 1. The van der Waals surface area contributed by atoms with Gasteiger partial charge in [0.2, 0.25) is 5.91 Å². The van der Waals surface area contributed by atoms with Crippen LogP contribution in [-0.4, -0.2) is 17.7 Å². The zero-order valence-electron chi connectivity index (χ0n) is 11.3. The van der Waals surface area contributed by atoms with E-state index in [4.69, 9.17) is 4.42 Å². The molecule has 2 heterocycles. The summed E-state index contributed by atoms with van der Waals surface area (Å²) in [5.41, 5.74) is 1.17. The molecule has 106 valence electrons. The predicted molar refractivity (Wildman–Crippen MR) is 77.9 cm³/mol. The molecule has 0 aliphatic carbocycles. The van der Waals surface area contributed by atoms with Crippen LogP contribution in [0.15, 0.2) is 39.6 Å². The van der Waals surface area contributed by atoms with Crippen molar-refractivity contribution < 1.29 is 14.0 Å². The fourth-order valence-corrected chi connectivity index (χ4v) is 2.61. The van der Waals surface area contributed by atoms with Crippen LogP contribution < -0.4 is 5.32 Å². The van der Waals surface area contributed by atoms with Crippen LogP contribution in [0.2, 0.25) is 0 Å². The van der Waals surface area contributed by atoms with Crippen molar-refractivity contribution in [3.05, 3.63) is 46.5 Å². The molecule has 0 bridgehead atoms. The van der Waals surface area contributed by atoms with Crippen LogP contribution in [0.5, 0.6) is 0 Å². The minimum Gasteiger partial charge on any atom is -0.461 e.